The van der Waals surface area contributed by atoms with Crippen molar-refractivity contribution in [1.82, 2.24) is 19.7 Å². The van der Waals surface area contributed by atoms with Gasteiger partial charge in [0, 0.05) is 17.1 Å². The maximum absolute atomic E-state index is 11.4. The Bertz CT molecular complexity index is 976. The highest BCUT2D eigenvalue weighted by Gasteiger charge is 2.15. The number of hydrogen-bond donors (Lipinski definition) is 2. The van der Waals surface area contributed by atoms with Gasteiger partial charge in [0.15, 0.2) is 5.82 Å². The van der Waals surface area contributed by atoms with E-state index in [9.17, 15) is 9.90 Å². The summed E-state index contributed by atoms with van der Waals surface area (Å²) in [4.78, 5) is 15.6. The topological polar surface area (TPSA) is 116 Å². The fraction of sp³-hybridized carbons (Fsp3) is 0.263. The number of rotatable bonds is 8. The first-order valence-corrected chi connectivity index (χ1v) is 9.47. The van der Waals surface area contributed by atoms with Crippen LogP contribution in [0.15, 0.2) is 47.2 Å². The molecule has 0 radical (unpaired) electrons. The number of carbonyl (C=O) groups is 1. The molecule has 3 N–H and O–H groups in total. The van der Waals surface area contributed by atoms with Crippen molar-refractivity contribution in [2.45, 2.75) is 26.0 Å². The Kier molecular flexibility index (Phi) is 6.37. The number of aromatic carboxylic acids is 1. The molecule has 1 aromatic carbocycles. The van der Waals surface area contributed by atoms with Crippen molar-refractivity contribution in [2.75, 3.05) is 12.3 Å². The molecule has 3 aromatic rings. The van der Waals surface area contributed by atoms with Crippen molar-refractivity contribution in [2.24, 2.45) is 0 Å². The van der Waals surface area contributed by atoms with Crippen LogP contribution in [0, 0.1) is 0 Å². The van der Waals surface area contributed by atoms with Crippen LogP contribution in [0.1, 0.15) is 35.3 Å². The third-order valence-electron chi connectivity index (χ3n) is 4.29. The monoisotopic (exact) mass is 445 g/mol. The van der Waals surface area contributed by atoms with Gasteiger partial charge in [-0.25, -0.2) is 9.78 Å². The maximum Gasteiger partial charge on any atom is 0.336 e. The summed E-state index contributed by atoms with van der Waals surface area (Å²) in [5, 5.41) is 17.4. The van der Waals surface area contributed by atoms with Crippen LogP contribution in [-0.2, 0) is 11.3 Å². The lowest BCUT2D eigenvalue weighted by atomic mass is 10.1. The number of anilines is 1. The van der Waals surface area contributed by atoms with E-state index in [1.54, 1.807) is 30.6 Å². The molecule has 0 saturated heterocycles. The van der Waals surface area contributed by atoms with Crippen molar-refractivity contribution in [3.05, 3.63) is 58.3 Å². The van der Waals surface area contributed by atoms with E-state index < -0.39 is 5.97 Å². The average molecular weight is 446 g/mol. The fourth-order valence-electron chi connectivity index (χ4n) is 2.77. The minimum atomic E-state index is -0.975. The molecule has 0 amide bonds. The van der Waals surface area contributed by atoms with Crippen LogP contribution >= 0.6 is 15.9 Å². The van der Waals surface area contributed by atoms with E-state index in [4.69, 9.17) is 10.5 Å². The molecule has 2 heterocycles. The zero-order chi connectivity index (χ0) is 20.1. The van der Waals surface area contributed by atoms with Crippen LogP contribution < -0.4 is 5.73 Å². The van der Waals surface area contributed by atoms with Gasteiger partial charge in [0.2, 0.25) is 0 Å². The Labute approximate surface area is 170 Å². The van der Waals surface area contributed by atoms with Gasteiger partial charge in [-0.2, -0.15) is 0 Å². The van der Waals surface area contributed by atoms with Gasteiger partial charge in [-0.15, -0.1) is 10.2 Å². The Morgan fingerprint density at radius 1 is 1.36 bits per heavy atom. The lowest BCUT2D eigenvalue weighted by Crippen LogP contribution is -2.11. The molecule has 0 spiro atoms. The van der Waals surface area contributed by atoms with Gasteiger partial charge in [0.1, 0.15) is 17.8 Å². The number of halogens is 1. The summed E-state index contributed by atoms with van der Waals surface area (Å²) < 4.78 is 8.36. The van der Waals surface area contributed by atoms with Crippen LogP contribution in [0.4, 0.5) is 5.82 Å². The van der Waals surface area contributed by atoms with Crippen LogP contribution in [0.3, 0.4) is 0 Å². The summed E-state index contributed by atoms with van der Waals surface area (Å²) in [7, 11) is 0. The molecular weight excluding hydrogens is 426 g/mol. The molecule has 8 nitrogen and oxygen atoms in total. The number of hydrogen-bond acceptors (Lipinski definition) is 6. The molecule has 28 heavy (non-hydrogen) atoms. The van der Waals surface area contributed by atoms with Crippen molar-refractivity contribution >= 4 is 27.7 Å². The Morgan fingerprint density at radius 2 is 2.18 bits per heavy atom. The van der Waals surface area contributed by atoms with E-state index in [0.29, 0.717) is 35.9 Å². The number of benzene rings is 1. The predicted octanol–water partition coefficient (Wildman–Crippen LogP) is 3.55. The van der Waals surface area contributed by atoms with E-state index in [2.05, 4.69) is 31.1 Å². The van der Waals surface area contributed by atoms with Crippen molar-refractivity contribution < 1.29 is 14.6 Å². The number of aromatic nitrogens is 4. The normalized spacial score (nSPS) is 12.1. The Morgan fingerprint density at radius 3 is 2.93 bits per heavy atom. The molecule has 0 aliphatic heterocycles. The van der Waals surface area contributed by atoms with E-state index >= 15 is 0 Å². The summed E-state index contributed by atoms with van der Waals surface area (Å²) in [6.45, 7) is 2.72. The minimum Gasteiger partial charge on any atom is -0.478 e. The SMILES string of the molecule is C[C@H](CCOCc1ccc(Br)cc1C(=O)O)n1cnnc1-c1cccc(N)n1. The first kappa shape index (κ1) is 20.0. The summed E-state index contributed by atoms with van der Waals surface area (Å²) in [5.74, 6) is 0.0877. The minimum absolute atomic E-state index is 0.0668. The molecule has 0 aliphatic rings. The molecular formula is C19H20BrN5O3. The number of nitrogens with zero attached hydrogens (tertiary/aromatic N) is 4. The number of ether oxygens (including phenoxy) is 1. The first-order chi connectivity index (χ1) is 13.5. The smallest absolute Gasteiger partial charge is 0.336 e. The summed E-state index contributed by atoms with van der Waals surface area (Å²) in [6, 6.07) is 10.6. The highest BCUT2D eigenvalue weighted by atomic mass is 79.9. The number of pyridine rings is 1. The quantitative estimate of drug-likeness (QED) is 0.509. The van der Waals surface area contributed by atoms with Gasteiger partial charge >= 0.3 is 5.97 Å². The van der Waals surface area contributed by atoms with Crippen LogP contribution in [0.5, 0.6) is 0 Å². The molecule has 3 rings (SSSR count). The van der Waals surface area contributed by atoms with Crippen LogP contribution in [0.25, 0.3) is 11.5 Å². The Hall–Kier alpha value is -2.78. The number of carboxylic acid groups (broad SMARTS) is 1. The number of nitrogen functional groups attached to an aromatic ring is 1. The van der Waals surface area contributed by atoms with Crippen molar-refractivity contribution in [1.29, 1.82) is 0 Å². The second-order valence-corrected chi connectivity index (χ2v) is 7.22. The third-order valence-corrected chi connectivity index (χ3v) is 4.78. The van der Waals surface area contributed by atoms with Gasteiger partial charge in [0.25, 0.3) is 0 Å². The average Bonchev–Trinajstić information content (AvgIpc) is 3.16. The highest BCUT2D eigenvalue weighted by molar-refractivity contribution is 9.10. The molecule has 146 valence electrons. The first-order valence-electron chi connectivity index (χ1n) is 8.67. The highest BCUT2D eigenvalue weighted by Crippen LogP contribution is 2.22. The maximum atomic E-state index is 11.4. The standard InChI is InChI=1S/C19H20BrN5O3/c1-12(25-11-22-24-18(25)16-3-2-4-17(21)23-16)7-8-28-10-13-5-6-14(20)9-15(13)19(26)27/h2-6,9,11-12H,7-8,10H2,1H3,(H2,21,23)(H,26,27)/t12-/m1/s1. The van der Waals surface area contributed by atoms with Crippen molar-refractivity contribution in [3.63, 3.8) is 0 Å². The van der Waals surface area contributed by atoms with Gasteiger partial charge in [-0.1, -0.05) is 28.1 Å². The molecule has 0 unspecified atom stereocenters. The molecule has 2 aromatic heterocycles. The molecule has 0 bridgehead atoms. The van der Waals surface area contributed by atoms with E-state index in [1.807, 2.05) is 23.6 Å². The molecule has 1 atom stereocenters. The second kappa shape index (κ2) is 8.94. The lowest BCUT2D eigenvalue weighted by molar-refractivity contribution is 0.0685. The van der Waals surface area contributed by atoms with Crippen molar-refractivity contribution in [3.8, 4) is 11.5 Å². The Balaban J connectivity index is 1.60. The molecule has 9 heteroatoms. The van der Waals surface area contributed by atoms with E-state index in [-0.39, 0.29) is 18.2 Å². The predicted molar refractivity (Wildman–Crippen MR) is 108 cm³/mol. The van der Waals surface area contributed by atoms with Gasteiger partial charge in [-0.3, -0.25) is 0 Å². The zero-order valence-electron chi connectivity index (χ0n) is 15.2. The van der Waals surface area contributed by atoms with Gasteiger partial charge in [0.05, 0.1) is 12.2 Å². The van der Waals surface area contributed by atoms with Crippen LogP contribution in [0.2, 0.25) is 0 Å². The molecule has 0 fully saturated rings. The second-order valence-electron chi connectivity index (χ2n) is 6.31. The van der Waals surface area contributed by atoms with Gasteiger partial charge < -0.3 is 20.1 Å². The molecule has 0 aliphatic carbocycles. The van der Waals surface area contributed by atoms with Crippen LogP contribution in [-0.4, -0.2) is 37.4 Å². The third kappa shape index (κ3) is 4.73. The lowest BCUT2D eigenvalue weighted by Gasteiger charge is -2.15. The summed E-state index contributed by atoms with van der Waals surface area (Å²) in [6.07, 6.45) is 2.36. The van der Waals surface area contributed by atoms with Gasteiger partial charge in [-0.05, 0) is 43.2 Å². The largest absolute Gasteiger partial charge is 0.478 e. The molecule has 0 saturated carbocycles. The van der Waals surface area contributed by atoms with E-state index in [1.165, 1.54) is 0 Å². The zero-order valence-corrected chi connectivity index (χ0v) is 16.8. The van der Waals surface area contributed by atoms with E-state index in [0.717, 1.165) is 4.47 Å². The summed E-state index contributed by atoms with van der Waals surface area (Å²) >= 11 is 3.29. The number of nitrogens with two attached hydrogens (primary N) is 1. The fourth-order valence-corrected chi connectivity index (χ4v) is 3.13. The summed E-state index contributed by atoms with van der Waals surface area (Å²) in [5.41, 5.74) is 7.28. The number of carboxylic acids is 1.